The van der Waals surface area contributed by atoms with Crippen LogP contribution in [0.1, 0.15) is 60.7 Å². The van der Waals surface area contributed by atoms with Crippen molar-refractivity contribution in [2.45, 2.75) is 56.0 Å². The van der Waals surface area contributed by atoms with Crippen molar-refractivity contribution in [1.82, 2.24) is 14.3 Å². The minimum Gasteiger partial charge on any atom is -0.337 e. The number of benzene rings is 3. The number of rotatable bonds is 9. The molecule has 3 aromatic carbocycles. The fourth-order valence-corrected chi connectivity index (χ4v) is 6.78. The van der Waals surface area contributed by atoms with Crippen molar-refractivity contribution in [3.63, 3.8) is 0 Å². The first-order valence-corrected chi connectivity index (χ1v) is 15.4. The van der Waals surface area contributed by atoms with Gasteiger partial charge in [-0.2, -0.15) is 0 Å². The molecule has 0 saturated carbocycles. The van der Waals surface area contributed by atoms with Crippen LogP contribution in [0.4, 0.5) is 10.1 Å². The summed E-state index contributed by atoms with van der Waals surface area (Å²) in [6.45, 7) is 2.30. The Balaban J connectivity index is 1.46. The first kappa shape index (κ1) is 29.0. The molecule has 214 valence electrons. The molecule has 0 fully saturated rings. The first-order chi connectivity index (χ1) is 19.6. The third kappa shape index (κ3) is 6.53. The third-order valence-electron chi connectivity index (χ3n) is 7.63. The Labute approximate surface area is 245 Å². The monoisotopic (exact) mass is 594 g/mol. The van der Waals surface area contributed by atoms with E-state index in [9.17, 15) is 17.6 Å². The molecule has 5 rings (SSSR count). The minimum atomic E-state index is -3.98. The SMILES string of the molecule is C[C@@H](CC(=O)N(Cc1nccn1C)c1ccc2c(c1)[C@H](NS(=O)(=O)c1ccc(F)c(Cl)c1)CCC2)c1ccccc1. The maximum Gasteiger partial charge on any atom is 0.241 e. The van der Waals surface area contributed by atoms with Gasteiger partial charge in [-0.3, -0.25) is 4.79 Å². The number of sulfonamides is 1. The Morgan fingerprint density at radius 3 is 2.66 bits per heavy atom. The fourth-order valence-electron chi connectivity index (χ4n) is 5.26. The Morgan fingerprint density at radius 2 is 1.95 bits per heavy atom. The highest BCUT2D eigenvalue weighted by molar-refractivity contribution is 7.89. The summed E-state index contributed by atoms with van der Waals surface area (Å²) in [5, 5.41) is -0.257. The van der Waals surface area contributed by atoms with E-state index in [1.54, 1.807) is 11.1 Å². The predicted octanol–water partition coefficient (Wildman–Crippen LogP) is 6.30. The van der Waals surface area contributed by atoms with Crippen molar-refractivity contribution < 1.29 is 17.6 Å². The van der Waals surface area contributed by atoms with Crippen LogP contribution in [-0.4, -0.2) is 23.9 Å². The smallest absolute Gasteiger partial charge is 0.241 e. The first-order valence-electron chi connectivity index (χ1n) is 13.5. The molecule has 1 aromatic heterocycles. The van der Waals surface area contributed by atoms with Crippen molar-refractivity contribution in [2.24, 2.45) is 7.05 Å². The van der Waals surface area contributed by atoms with Gasteiger partial charge in [0.25, 0.3) is 0 Å². The maximum atomic E-state index is 13.8. The second-order valence-electron chi connectivity index (χ2n) is 10.5. The molecule has 1 amide bonds. The quantitative estimate of drug-likeness (QED) is 0.247. The van der Waals surface area contributed by atoms with Crippen LogP contribution in [0.2, 0.25) is 5.02 Å². The van der Waals surface area contributed by atoms with Crippen molar-refractivity contribution in [2.75, 3.05) is 4.90 Å². The van der Waals surface area contributed by atoms with Gasteiger partial charge in [0.1, 0.15) is 11.6 Å². The van der Waals surface area contributed by atoms with E-state index in [-0.39, 0.29) is 28.3 Å². The number of carbonyl (C=O) groups excluding carboxylic acids is 1. The van der Waals surface area contributed by atoms with E-state index in [2.05, 4.69) is 9.71 Å². The van der Waals surface area contributed by atoms with E-state index < -0.39 is 21.9 Å². The lowest BCUT2D eigenvalue weighted by Crippen LogP contribution is -2.34. The van der Waals surface area contributed by atoms with E-state index in [4.69, 9.17) is 11.6 Å². The lowest BCUT2D eigenvalue weighted by Gasteiger charge is -2.30. The zero-order valence-corrected chi connectivity index (χ0v) is 24.5. The molecule has 1 heterocycles. The zero-order valence-electron chi connectivity index (χ0n) is 22.9. The normalized spacial score (nSPS) is 15.8. The summed E-state index contributed by atoms with van der Waals surface area (Å²) in [5.74, 6) is -0.00307. The molecule has 41 heavy (non-hydrogen) atoms. The standard InChI is InChI=1S/C31H32ClFN4O3S/c1-21(22-7-4-3-5-8-22)17-31(38)37(20-30-34-15-16-36(30)2)24-12-11-23-9-6-10-29(26(23)18-24)35-41(39,40)25-13-14-28(33)27(32)19-25/h3-5,7-8,11-16,18-19,21,29,35H,6,9-10,17,20H2,1-2H3/t21-,29+/m0/s1. The van der Waals surface area contributed by atoms with Gasteiger partial charge in [-0.05, 0) is 72.2 Å². The number of nitrogens with zero attached hydrogens (tertiary/aromatic N) is 3. The van der Waals surface area contributed by atoms with Crippen molar-refractivity contribution >= 4 is 33.2 Å². The molecule has 4 aromatic rings. The van der Waals surface area contributed by atoms with Crippen LogP contribution in [-0.2, 0) is 34.8 Å². The minimum absolute atomic E-state index is 0.00675. The zero-order chi connectivity index (χ0) is 29.1. The van der Waals surface area contributed by atoms with E-state index >= 15 is 0 Å². The van der Waals surface area contributed by atoms with Gasteiger partial charge in [0.15, 0.2) is 0 Å². The molecule has 2 atom stereocenters. The van der Waals surface area contributed by atoms with Crippen LogP contribution in [0.3, 0.4) is 0 Å². The van der Waals surface area contributed by atoms with Gasteiger partial charge >= 0.3 is 0 Å². The molecule has 0 unspecified atom stereocenters. The second kappa shape index (κ2) is 12.1. The Kier molecular flexibility index (Phi) is 8.58. The fraction of sp³-hybridized carbons (Fsp3) is 0.290. The number of aromatic nitrogens is 2. The van der Waals surface area contributed by atoms with Crippen LogP contribution >= 0.6 is 11.6 Å². The van der Waals surface area contributed by atoms with Crippen molar-refractivity contribution in [1.29, 1.82) is 0 Å². The molecule has 7 nitrogen and oxygen atoms in total. The third-order valence-corrected chi connectivity index (χ3v) is 9.38. The number of aryl methyl sites for hydroxylation is 2. The molecular formula is C31H32ClFN4O3S. The van der Waals surface area contributed by atoms with E-state index in [0.717, 1.165) is 47.5 Å². The largest absolute Gasteiger partial charge is 0.337 e. The number of nitrogens with one attached hydrogen (secondary N) is 1. The van der Waals surface area contributed by atoms with Gasteiger partial charge in [-0.1, -0.05) is 54.9 Å². The van der Waals surface area contributed by atoms with Gasteiger partial charge in [0.2, 0.25) is 15.9 Å². The molecular weight excluding hydrogens is 563 g/mol. The topological polar surface area (TPSA) is 84.3 Å². The van der Waals surface area contributed by atoms with Gasteiger partial charge in [-0.25, -0.2) is 22.5 Å². The number of fused-ring (bicyclic) bond motifs is 1. The summed E-state index contributed by atoms with van der Waals surface area (Å²) in [6.07, 6.45) is 6.02. The summed E-state index contributed by atoms with van der Waals surface area (Å²) in [7, 11) is -2.09. The lowest BCUT2D eigenvalue weighted by molar-refractivity contribution is -0.119. The molecule has 0 bridgehead atoms. The number of hydrogen-bond donors (Lipinski definition) is 1. The van der Waals surface area contributed by atoms with Gasteiger partial charge in [0.05, 0.1) is 16.5 Å². The number of anilines is 1. The Hall–Kier alpha value is -3.53. The average Bonchev–Trinajstić information content (AvgIpc) is 3.37. The average molecular weight is 595 g/mol. The highest BCUT2D eigenvalue weighted by atomic mass is 35.5. The van der Waals surface area contributed by atoms with Crippen LogP contribution in [0.15, 0.2) is 84.0 Å². The number of amides is 1. The number of carbonyl (C=O) groups is 1. The molecule has 10 heteroatoms. The molecule has 0 saturated heterocycles. The number of halogens is 2. The number of hydrogen-bond acceptors (Lipinski definition) is 4. The highest BCUT2D eigenvalue weighted by Gasteiger charge is 2.28. The van der Waals surface area contributed by atoms with E-state index in [1.165, 1.54) is 6.07 Å². The van der Waals surface area contributed by atoms with Crippen LogP contribution in [0, 0.1) is 5.82 Å². The van der Waals surface area contributed by atoms with Gasteiger partial charge < -0.3 is 9.47 Å². The Bertz CT molecular complexity index is 1660. The molecule has 1 aliphatic rings. The van der Waals surface area contributed by atoms with Crippen LogP contribution in [0.25, 0.3) is 0 Å². The van der Waals surface area contributed by atoms with Crippen molar-refractivity contribution in [3.05, 3.63) is 112 Å². The molecule has 0 radical (unpaired) electrons. The summed E-state index contributed by atoms with van der Waals surface area (Å²) in [4.78, 5) is 19.9. The van der Waals surface area contributed by atoms with Gasteiger partial charge in [0, 0.05) is 37.6 Å². The summed E-state index contributed by atoms with van der Waals surface area (Å²) in [5.41, 5.74) is 3.60. The molecule has 0 aliphatic heterocycles. The van der Waals surface area contributed by atoms with Crippen LogP contribution < -0.4 is 9.62 Å². The van der Waals surface area contributed by atoms with E-state index in [0.29, 0.717) is 18.5 Å². The van der Waals surface area contributed by atoms with E-state index in [1.807, 2.05) is 73.3 Å². The lowest BCUT2D eigenvalue weighted by atomic mass is 9.87. The second-order valence-corrected chi connectivity index (χ2v) is 12.6. The Morgan fingerprint density at radius 1 is 1.17 bits per heavy atom. The molecule has 0 spiro atoms. The molecule has 1 N–H and O–H groups in total. The number of imidazole rings is 1. The highest BCUT2D eigenvalue weighted by Crippen LogP contribution is 2.35. The summed E-state index contributed by atoms with van der Waals surface area (Å²) < 4.78 is 44.8. The van der Waals surface area contributed by atoms with Crippen molar-refractivity contribution in [3.8, 4) is 0 Å². The summed E-state index contributed by atoms with van der Waals surface area (Å²) in [6, 6.07) is 18.6. The molecule has 1 aliphatic carbocycles. The van der Waals surface area contributed by atoms with Gasteiger partial charge in [-0.15, -0.1) is 0 Å². The summed E-state index contributed by atoms with van der Waals surface area (Å²) >= 11 is 5.86. The van der Waals surface area contributed by atoms with Crippen LogP contribution in [0.5, 0.6) is 0 Å². The maximum absolute atomic E-state index is 13.8. The predicted molar refractivity (Wildman–Crippen MR) is 158 cm³/mol.